The zero-order chi connectivity index (χ0) is 23.4. The summed E-state index contributed by atoms with van der Waals surface area (Å²) in [6, 6.07) is 8.40. The smallest absolute Gasteiger partial charge is 0.422 e. The van der Waals surface area contributed by atoms with E-state index in [1.807, 2.05) is 0 Å². The van der Waals surface area contributed by atoms with Crippen LogP contribution >= 0.6 is 0 Å². The van der Waals surface area contributed by atoms with E-state index < -0.39 is 52.0 Å². The van der Waals surface area contributed by atoms with Gasteiger partial charge in [-0.3, -0.25) is 4.72 Å². The van der Waals surface area contributed by atoms with Crippen LogP contribution in [0.15, 0.2) is 47.4 Å². The number of nitrogens with one attached hydrogen (secondary N) is 1. The van der Waals surface area contributed by atoms with Crippen LogP contribution in [-0.4, -0.2) is 48.1 Å². The number of benzene rings is 2. The third-order valence-corrected chi connectivity index (χ3v) is 5.02. The summed E-state index contributed by atoms with van der Waals surface area (Å²) in [4.78, 5) is 0.869. The van der Waals surface area contributed by atoms with Crippen molar-refractivity contribution >= 4 is 21.4 Å². The number of sulfonamides is 1. The van der Waals surface area contributed by atoms with E-state index in [2.05, 4.69) is 14.2 Å². The quantitative estimate of drug-likeness (QED) is 0.576. The van der Waals surface area contributed by atoms with Crippen molar-refractivity contribution < 1.29 is 44.2 Å². The van der Waals surface area contributed by atoms with Gasteiger partial charge in [0, 0.05) is 25.8 Å². The number of hydrogen-bond acceptors (Lipinski definition) is 5. The summed E-state index contributed by atoms with van der Waals surface area (Å²) in [5, 5.41) is 0. The molecule has 0 amide bonds. The summed E-state index contributed by atoms with van der Waals surface area (Å²) in [6.45, 7) is -3.51. The van der Waals surface area contributed by atoms with Crippen LogP contribution in [0.1, 0.15) is 0 Å². The Bertz CT molecular complexity index is 1010. The predicted octanol–water partition coefficient (Wildman–Crippen LogP) is 4.44. The average molecular weight is 472 g/mol. The van der Waals surface area contributed by atoms with Crippen molar-refractivity contribution in [3.63, 3.8) is 0 Å². The van der Waals surface area contributed by atoms with Crippen molar-refractivity contribution in [2.45, 2.75) is 17.2 Å². The first-order valence-corrected chi connectivity index (χ1v) is 9.98. The van der Waals surface area contributed by atoms with Gasteiger partial charge in [-0.2, -0.15) is 26.3 Å². The molecule has 2 rings (SSSR count). The zero-order valence-corrected chi connectivity index (χ0v) is 17.0. The van der Waals surface area contributed by atoms with Gasteiger partial charge in [0.1, 0.15) is 16.4 Å². The predicted molar refractivity (Wildman–Crippen MR) is 101 cm³/mol. The van der Waals surface area contributed by atoms with E-state index in [4.69, 9.17) is 0 Å². The fraction of sp³-hybridized carbons (Fsp3) is 0.333. The highest BCUT2D eigenvalue weighted by atomic mass is 32.2. The average Bonchev–Trinajstić information content (AvgIpc) is 2.63. The van der Waals surface area contributed by atoms with Crippen LogP contribution in [-0.2, 0) is 10.0 Å². The molecule has 0 aliphatic carbocycles. The number of alkyl halides is 6. The van der Waals surface area contributed by atoms with Gasteiger partial charge in [0.15, 0.2) is 13.2 Å². The largest absolute Gasteiger partial charge is 0.484 e. The Balaban J connectivity index is 2.41. The zero-order valence-electron chi connectivity index (χ0n) is 16.2. The number of nitrogens with zero attached hydrogens (tertiary/aromatic N) is 1. The van der Waals surface area contributed by atoms with Crippen molar-refractivity contribution in [3.8, 4) is 11.5 Å². The maximum absolute atomic E-state index is 12.8. The van der Waals surface area contributed by atoms with Gasteiger partial charge in [0.05, 0.1) is 5.69 Å². The van der Waals surface area contributed by atoms with Crippen molar-refractivity contribution in [1.82, 2.24) is 0 Å². The molecule has 13 heteroatoms. The fourth-order valence-electron chi connectivity index (χ4n) is 2.29. The van der Waals surface area contributed by atoms with Gasteiger partial charge in [-0.25, -0.2) is 8.42 Å². The molecule has 0 heterocycles. The number of hydrogen-bond donors (Lipinski definition) is 1. The molecule has 0 aromatic heterocycles. The standard InChI is InChI=1S/C18H18F6N2O4S/c1-26(2)13-5-3-4-12(8-13)25-31(27,28)16-9-14(29-10-17(19,20)21)6-7-15(16)30-11-18(22,23)24/h3-9,25H,10-11H2,1-2H3. The van der Waals surface area contributed by atoms with Crippen LogP contribution in [0.3, 0.4) is 0 Å². The Morgan fingerprint density at radius 1 is 0.903 bits per heavy atom. The van der Waals surface area contributed by atoms with Gasteiger partial charge in [-0.05, 0) is 30.3 Å². The van der Waals surface area contributed by atoms with Gasteiger partial charge in [0.25, 0.3) is 10.0 Å². The van der Waals surface area contributed by atoms with E-state index in [1.165, 1.54) is 18.2 Å². The SMILES string of the molecule is CN(C)c1cccc(NS(=O)(=O)c2cc(OCC(F)(F)F)ccc2OCC(F)(F)F)c1. The summed E-state index contributed by atoms with van der Waals surface area (Å²) in [5.41, 5.74) is 0.700. The maximum atomic E-state index is 12.8. The Morgan fingerprint density at radius 2 is 1.52 bits per heavy atom. The third kappa shape index (κ3) is 7.74. The molecule has 1 N–H and O–H groups in total. The van der Waals surface area contributed by atoms with E-state index in [0.29, 0.717) is 11.8 Å². The molecule has 0 aliphatic heterocycles. The number of anilines is 2. The topological polar surface area (TPSA) is 67.9 Å². The molecule has 0 spiro atoms. The van der Waals surface area contributed by atoms with Gasteiger partial charge in [0.2, 0.25) is 0 Å². The van der Waals surface area contributed by atoms with Gasteiger partial charge < -0.3 is 14.4 Å². The minimum Gasteiger partial charge on any atom is -0.484 e. The first-order valence-electron chi connectivity index (χ1n) is 8.50. The molecular formula is C18H18F6N2O4S. The molecule has 2 aromatic carbocycles. The molecule has 0 atom stereocenters. The van der Waals surface area contributed by atoms with E-state index in [0.717, 1.165) is 12.1 Å². The van der Waals surface area contributed by atoms with Crippen LogP contribution in [0.5, 0.6) is 11.5 Å². The highest BCUT2D eigenvalue weighted by Gasteiger charge is 2.31. The Kier molecular flexibility index (Phi) is 7.19. The van der Waals surface area contributed by atoms with Crippen molar-refractivity contribution in [3.05, 3.63) is 42.5 Å². The second-order valence-electron chi connectivity index (χ2n) is 6.47. The van der Waals surface area contributed by atoms with Crippen LogP contribution in [0.25, 0.3) is 0 Å². The number of halogens is 6. The molecule has 0 unspecified atom stereocenters. The van der Waals surface area contributed by atoms with Crippen molar-refractivity contribution in [1.29, 1.82) is 0 Å². The summed E-state index contributed by atoms with van der Waals surface area (Å²) in [7, 11) is -1.14. The molecule has 0 radical (unpaired) electrons. The summed E-state index contributed by atoms with van der Waals surface area (Å²) < 4.78 is 112. The molecule has 0 saturated carbocycles. The molecule has 0 aliphatic rings. The van der Waals surface area contributed by atoms with Gasteiger partial charge >= 0.3 is 12.4 Å². The molecule has 31 heavy (non-hydrogen) atoms. The number of ether oxygens (including phenoxy) is 2. The Hall–Kier alpha value is -2.83. The minimum atomic E-state index is -4.76. The normalized spacial score (nSPS) is 12.4. The first kappa shape index (κ1) is 24.4. The maximum Gasteiger partial charge on any atom is 0.422 e. The van der Waals surface area contributed by atoms with Gasteiger partial charge in [-0.1, -0.05) is 6.07 Å². The second kappa shape index (κ2) is 9.12. The van der Waals surface area contributed by atoms with Crippen LogP contribution in [0.4, 0.5) is 37.7 Å². The van der Waals surface area contributed by atoms with E-state index >= 15 is 0 Å². The lowest BCUT2D eigenvalue weighted by Crippen LogP contribution is -2.22. The van der Waals surface area contributed by atoms with Crippen LogP contribution in [0, 0.1) is 0 Å². The van der Waals surface area contributed by atoms with E-state index in [1.54, 1.807) is 25.1 Å². The summed E-state index contributed by atoms with van der Waals surface area (Å²) in [6.07, 6.45) is -9.46. The Morgan fingerprint density at radius 3 is 2.10 bits per heavy atom. The fourth-order valence-corrected chi connectivity index (χ4v) is 3.50. The molecule has 0 bridgehead atoms. The molecule has 2 aromatic rings. The second-order valence-corrected chi connectivity index (χ2v) is 8.12. The van der Waals surface area contributed by atoms with Crippen molar-refractivity contribution in [2.75, 3.05) is 36.9 Å². The monoisotopic (exact) mass is 472 g/mol. The highest BCUT2D eigenvalue weighted by Crippen LogP contribution is 2.32. The Labute approximate surface area is 174 Å². The lowest BCUT2D eigenvalue weighted by molar-refractivity contribution is -0.154. The number of rotatable bonds is 8. The molecule has 6 nitrogen and oxygen atoms in total. The lowest BCUT2D eigenvalue weighted by atomic mass is 10.3. The van der Waals surface area contributed by atoms with E-state index in [-0.39, 0.29) is 5.69 Å². The van der Waals surface area contributed by atoms with Gasteiger partial charge in [-0.15, -0.1) is 0 Å². The minimum absolute atomic E-state index is 0.0783. The summed E-state index contributed by atoms with van der Waals surface area (Å²) >= 11 is 0. The summed E-state index contributed by atoms with van der Waals surface area (Å²) in [5.74, 6) is -1.22. The molecule has 0 saturated heterocycles. The first-order chi connectivity index (χ1) is 14.2. The molecular weight excluding hydrogens is 454 g/mol. The molecule has 172 valence electrons. The highest BCUT2D eigenvalue weighted by molar-refractivity contribution is 7.92. The molecule has 0 fully saturated rings. The van der Waals surface area contributed by atoms with E-state index in [9.17, 15) is 34.8 Å². The van der Waals surface area contributed by atoms with Crippen molar-refractivity contribution in [2.24, 2.45) is 0 Å². The van der Waals surface area contributed by atoms with Crippen LogP contribution < -0.4 is 19.1 Å². The lowest BCUT2D eigenvalue weighted by Gasteiger charge is -2.17. The third-order valence-electron chi connectivity index (χ3n) is 3.61. The van der Waals surface area contributed by atoms with Crippen LogP contribution in [0.2, 0.25) is 0 Å².